The molecule has 0 aromatic carbocycles. The number of piperazine rings is 1. The molecule has 0 spiro atoms. The Morgan fingerprint density at radius 3 is 2.35 bits per heavy atom. The van der Waals surface area contributed by atoms with Crippen LogP contribution < -0.4 is 5.32 Å². The molecule has 2 heterocycles. The molecule has 2 rings (SSSR count). The molecule has 0 aliphatic carbocycles. The molecule has 1 N–H and O–H groups in total. The van der Waals surface area contributed by atoms with Gasteiger partial charge in [0.25, 0.3) is 0 Å². The fraction of sp³-hybridized carbons (Fsp3) is 1.00. The van der Waals surface area contributed by atoms with Crippen LogP contribution in [0.2, 0.25) is 0 Å². The molecule has 0 bridgehead atoms. The van der Waals surface area contributed by atoms with Gasteiger partial charge in [0.2, 0.25) is 0 Å². The zero-order valence-corrected chi connectivity index (χ0v) is 13.6. The van der Waals surface area contributed by atoms with Crippen molar-refractivity contribution in [1.29, 1.82) is 0 Å². The topological polar surface area (TPSA) is 27.7 Å². The first-order valence-electron chi connectivity index (χ1n) is 8.51. The lowest BCUT2D eigenvalue weighted by Crippen LogP contribution is -2.48. The number of hydrogen-bond donors (Lipinski definition) is 1. The largest absolute Gasteiger partial charge is 0.372 e. The first-order valence-corrected chi connectivity index (χ1v) is 8.51. The van der Waals surface area contributed by atoms with Gasteiger partial charge in [-0.25, -0.2) is 0 Å². The van der Waals surface area contributed by atoms with Crippen LogP contribution in [0.5, 0.6) is 0 Å². The molecule has 2 atom stereocenters. The zero-order chi connectivity index (χ0) is 14.4. The Morgan fingerprint density at radius 2 is 1.70 bits per heavy atom. The van der Waals surface area contributed by atoms with Crippen LogP contribution in [0, 0.1) is 0 Å². The third-order valence-corrected chi connectivity index (χ3v) is 4.42. The Bertz CT molecular complexity index is 264. The average molecular weight is 283 g/mol. The summed E-state index contributed by atoms with van der Waals surface area (Å²) in [5.74, 6) is 0. The van der Waals surface area contributed by atoms with E-state index in [1.165, 1.54) is 52.0 Å². The minimum Gasteiger partial charge on any atom is -0.372 e. The zero-order valence-electron chi connectivity index (χ0n) is 13.6. The number of rotatable bonds is 7. The molecule has 2 saturated heterocycles. The number of nitrogens with zero attached hydrogens (tertiary/aromatic N) is 2. The van der Waals surface area contributed by atoms with Crippen molar-refractivity contribution >= 4 is 0 Å². The van der Waals surface area contributed by atoms with E-state index in [9.17, 15) is 0 Å². The Morgan fingerprint density at radius 1 is 1.05 bits per heavy atom. The van der Waals surface area contributed by atoms with Crippen LogP contribution in [0.25, 0.3) is 0 Å². The predicted octanol–water partition coefficient (Wildman–Crippen LogP) is 1.56. The summed E-state index contributed by atoms with van der Waals surface area (Å²) >= 11 is 0. The smallest absolute Gasteiger partial charge is 0.0707 e. The number of nitrogens with one attached hydrogen (secondary N) is 1. The molecule has 2 unspecified atom stereocenters. The lowest BCUT2D eigenvalue weighted by molar-refractivity contribution is 0.0121. The van der Waals surface area contributed by atoms with Gasteiger partial charge in [-0.1, -0.05) is 20.8 Å². The maximum Gasteiger partial charge on any atom is 0.0707 e. The minimum absolute atomic E-state index is 0.434. The Balaban J connectivity index is 1.61. The SMILES string of the molecule is CCCN1CCN(CC2CCC(CNC(C)C)O2)CC1. The third kappa shape index (κ3) is 5.32. The number of hydrogen-bond acceptors (Lipinski definition) is 4. The van der Waals surface area contributed by atoms with Crippen LogP contribution in [0.3, 0.4) is 0 Å². The highest BCUT2D eigenvalue weighted by molar-refractivity contribution is 4.80. The molecule has 0 amide bonds. The summed E-state index contributed by atoms with van der Waals surface area (Å²) in [6.07, 6.45) is 4.63. The monoisotopic (exact) mass is 283 g/mol. The average Bonchev–Trinajstić information content (AvgIpc) is 2.87. The summed E-state index contributed by atoms with van der Waals surface area (Å²) in [6.45, 7) is 15.0. The summed E-state index contributed by atoms with van der Waals surface area (Å²) in [4.78, 5) is 5.18. The van der Waals surface area contributed by atoms with Crippen molar-refractivity contribution in [2.75, 3.05) is 45.8 Å². The Kier molecular flexibility index (Phi) is 6.75. The van der Waals surface area contributed by atoms with Gasteiger partial charge < -0.3 is 15.0 Å². The van der Waals surface area contributed by atoms with E-state index in [0.29, 0.717) is 18.2 Å². The van der Waals surface area contributed by atoms with Crippen LogP contribution in [0.15, 0.2) is 0 Å². The molecule has 118 valence electrons. The summed E-state index contributed by atoms with van der Waals surface area (Å²) in [5.41, 5.74) is 0. The van der Waals surface area contributed by atoms with Gasteiger partial charge in [0, 0.05) is 45.3 Å². The summed E-state index contributed by atoms with van der Waals surface area (Å²) in [7, 11) is 0. The molecular weight excluding hydrogens is 250 g/mol. The molecule has 2 aliphatic heterocycles. The summed E-state index contributed by atoms with van der Waals surface area (Å²) in [6, 6.07) is 0.560. The minimum atomic E-state index is 0.434. The van der Waals surface area contributed by atoms with Crippen molar-refractivity contribution in [3.63, 3.8) is 0 Å². The molecule has 0 radical (unpaired) electrons. The molecule has 2 fully saturated rings. The van der Waals surface area contributed by atoms with Crippen molar-refractivity contribution < 1.29 is 4.74 Å². The van der Waals surface area contributed by atoms with Gasteiger partial charge in [0.1, 0.15) is 0 Å². The fourth-order valence-electron chi connectivity index (χ4n) is 3.23. The van der Waals surface area contributed by atoms with Crippen LogP contribution in [-0.4, -0.2) is 73.9 Å². The van der Waals surface area contributed by atoms with E-state index in [4.69, 9.17) is 4.74 Å². The maximum atomic E-state index is 6.17. The molecule has 2 aliphatic rings. The van der Waals surface area contributed by atoms with Gasteiger partial charge >= 0.3 is 0 Å². The van der Waals surface area contributed by atoms with E-state index in [1.54, 1.807) is 0 Å². The van der Waals surface area contributed by atoms with Gasteiger partial charge in [0.05, 0.1) is 12.2 Å². The maximum absolute atomic E-state index is 6.17. The lowest BCUT2D eigenvalue weighted by Gasteiger charge is -2.35. The van der Waals surface area contributed by atoms with E-state index >= 15 is 0 Å². The third-order valence-electron chi connectivity index (χ3n) is 4.42. The molecule has 0 saturated carbocycles. The second-order valence-corrected chi connectivity index (χ2v) is 6.66. The molecule has 20 heavy (non-hydrogen) atoms. The Labute approximate surface area is 124 Å². The van der Waals surface area contributed by atoms with Gasteiger partial charge in [-0.3, -0.25) is 4.90 Å². The quantitative estimate of drug-likeness (QED) is 0.767. The van der Waals surface area contributed by atoms with Crippen molar-refractivity contribution in [3.05, 3.63) is 0 Å². The van der Waals surface area contributed by atoms with Gasteiger partial charge in [-0.2, -0.15) is 0 Å². The second kappa shape index (κ2) is 8.32. The van der Waals surface area contributed by atoms with Crippen molar-refractivity contribution in [1.82, 2.24) is 15.1 Å². The van der Waals surface area contributed by atoms with Gasteiger partial charge in [-0.15, -0.1) is 0 Å². The molecule has 4 heteroatoms. The van der Waals surface area contributed by atoms with Crippen LogP contribution in [0.1, 0.15) is 40.0 Å². The first kappa shape index (κ1) is 16.2. The summed E-state index contributed by atoms with van der Waals surface area (Å²) < 4.78 is 6.17. The highest BCUT2D eigenvalue weighted by Crippen LogP contribution is 2.20. The lowest BCUT2D eigenvalue weighted by atomic mass is 10.1. The van der Waals surface area contributed by atoms with E-state index in [1.807, 2.05) is 0 Å². The normalized spacial score (nSPS) is 29.4. The molecule has 4 nitrogen and oxygen atoms in total. The van der Waals surface area contributed by atoms with Crippen molar-refractivity contribution in [2.45, 2.75) is 58.3 Å². The fourth-order valence-corrected chi connectivity index (χ4v) is 3.23. The highest BCUT2D eigenvalue weighted by Gasteiger charge is 2.27. The summed E-state index contributed by atoms with van der Waals surface area (Å²) in [5, 5.41) is 3.49. The van der Waals surface area contributed by atoms with Crippen LogP contribution >= 0.6 is 0 Å². The highest BCUT2D eigenvalue weighted by atomic mass is 16.5. The first-order chi connectivity index (χ1) is 9.67. The van der Waals surface area contributed by atoms with Gasteiger partial charge in [-0.05, 0) is 25.8 Å². The molecule has 0 aromatic rings. The van der Waals surface area contributed by atoms with E-state index in [0.717, 1.165) is 13.1 Å². The van der Waals surface area contributed by atoms with E-state index in [2.05, 4.69) is 35.9 Å². The second-order valence-electron chi connectivity index (χ2n) is 6.66. The van der Waals surface area contributed by atoms with Crippen LogP contribution in [0.4, 0.5) is 0 Å². The van der Waals surface area contributed by atoms with E-state index in [-0.39, 0.29) is 0 Å². The van der Waals surface area contributed by atoms with Crippen molar-refractivity contribution in [2.24, 2.45) is 0 Å². The van der Waals surface area contributed by atoms with Crippen molar-refractivity contribution in [3.8, 4) is 0 Å². The van der Waals surface area contributed by atoms with E-state index < -0.39 is 0 Å². The predicted molar refractivity (Wildman–Crippen MR) is 84.2 cm³/mol. The van der Waals surface area contributed by atoms with Gasteiger partial charge in [0.15, 0.2) is 0 Å². The molecule has 0 aromatic heterocycles. The molecular formula is C16H33N3O. The van der Waals surface area contributed by atoms with Crippen LogP contribution in [-0.2, 0) is 4.74 Å². The standard InChI is InChI=1S/C16H33N3O/c1-4-7-18-8-10-19(11-9-18)13-16-6-5-15(20-16)12-17-14(2)3/h14-17H,4-13H2,1-3H3. The Hall–Kier alpha value is -0.160. The number of ether oxygens (including phenoxy) is 1.